The Morgan fingerprint density at radius 1 is 1.69 bits per heavy atom. The highest BCUT2D eigenvalue weighted by Gasteiger charge is 2.20. The summed E-state index contributed by atoms with van der Waals surface area (Å²) in [7, 11) is 0. The van der Waals surface area contributed by atoms with Crippen LogP contribution in [-0.2, 0) is 16.0 Å². The zero-order valence-electron chi connectivity index (χ0n) is 7.16. The van der Waals surface area contributed by atoms with Crippen molar-refractivity contribution in [2.45, 2.75) is 12.5 Å². The van der Waals surface area contributed by atoms with Crippen molar-refractivity contribution in [2.75, 3.05) is 13.2 Å². The van der Waals surface area contributed by atoms with Gasteiger partial charge in [0.1, 0.15) is 0 Å². The number of carbonyl (C=O) groups is 1. The van der Waals surface area contributed by atoms with Gasteiger partial charge in [-0.25, -0.2) is 0 Å². The molecule has 0 unspecified atom stereocenters. The molecule has 1 aromatic rings. The minimum absolute atomic E-state index is 0.0933. The molecule has 70 valence electrons. The van der Waals surface area contributed by atoms with Crippen LogP contribution in [0.1, 0.15) is 4.88 Å². The summed E-state index contributed by atoms with van der Waals surface area (Å²) in [6.45, 7) is 1.33. The van der Waals surface area contributed by atoms with E-state index in [1.165, 1.54) is 0 Å². The number of hydrogen-bond acceptors (Lipinski definition) is 3. The van der Waals surface area contributed by atoms with E-state index in [9.17, 15) is 4.79 Å². The molecule has 1 aliphatic rings. The molecule has 0 aliphatic carbocycles. The lowest BCUT2D eigenvalue weighted by Crippen LogP contribution is -2.48. The number of rotatable bonds is 3. The maximum atomic E-state index is 11.4. The second-order valence-electron chi connectivity index (χ2n) is 3.06. The summed E-state index contributed by atoms with van der Waals surface area (Å²) in [6, 6.07) is 4.17. The average Bonchev–Trinajstić information content (AvgIpc) is 2.49. The summed E-state index contributed by atoms with van der Waals surface area (Å²) < 4.78 is 4.96. The van der Waals surface area contributed by atoms with Crippen LogP contribution >= 0.6 is 11.3 Å². The predicted octanol–water partition coefficient (Wildman–Crippen LogP) is 0.806. The van der Waals surface area contributed by atoms with Gasteiger partial charge in [-0.15, -0.1) is 11.3 Å². The first kappa shape index (κ1) is 8.72. The second-order valence-corrected chi connectivity index (χ2v) is 4.09. The van der Waals surface area contributed by atoms with Gasteiger partial charge in [0, 0.05) is 4.88 Å². The van der Waals surface area contributed by atoms with Gasteiger partial charge in [-0.1, -0.05) is 6.07 Å². The number of nitrogens with one attached hydrogen (secondary N) is 1. The van der Waals surface area contributed by atoms with Crippen LogP contribution in [0.2, 0.25) is 0 Å². The first-order valence-electron chi connectivity index (χ1n) is 4.24. The molecule has 1 saturated heterocycles. The topological polar surface area (TPSA) is 38.3 Å². The molecule has 0 bridgehead atoms. The Morgan fingerprint density at radius 3 is 3.08 bits per heavy atom. The second kappa shape index (κ2) is 3.89. The maximum absolute atomic E-state index is 11.4. The third-order valence-electron chi connectivity index (χ3n) is 1.92. The van der Waals surface area contributed by atoms with Gasteiger partial charge >= 0.3 is 0 Å². The van der Waals surface area contributed by atoms with Crippen molar-refractivity contribution in [3.63, 3.8) is 0 Å². The van der Waals surface area contributed by atoms with Crippen LogP contribution in [0.25, 0.3) is 0 Å². The van der Waals surface area contributed by atoms with Gasteiger partial charge in [-0.3, -0.25) is 4.79 Å². The summed E-state index contributed by atoms with van der Waals surface area (Å²) in [5.41, 5.74) is 0. The van der Waals surface area contributed by atoms with Crippen molar-refractivity contribution in [3.05, 3.63) is 22.4 Å². The smallest absolute Gasteiger partial charge is 0.225 e. The molecular weight excluding hydrogens is 186 g/mol. The van der Waals surface area contributed by atoms with Crippen LogP contribution in [0, 0.1) is 0 Å². The van der Waals surface area contributed by atoms with Crippen molar-refractivity contribution < 1.29 is 9.53 Å². The number of carbonyl (C=O) groups excluding carboxylic acids is 1. The van der Waals surface area contributed by atoms with E-state index in [1.807, 2.05) is 17.5 Å². The average molecular weight is 197 g/mol. The van der Waals surface area contributed by atoms with Gasteiger partial charge in [0.2, 0.25) is 5.91 Å². The number of thiophene rings is 1. The molecule has 2 rings (SSSR count). The summed E-state index contributed by atoms with van der Waals surface area (Å²) in [4.78, 5) is 12.5. The van der Waals surface area contributed by atoms with Gasteiger partial charge in [0.25, 0.3) is 0 Å². The van der Waals surface area contributed by atoms with Gasteiger partial charge in [-0.05, 0) is 11.4 Å². The van der Waals surface area contributed by atoms with Crippen molar-refractivity contribution in [1.29, 1.82) is 0 Å². The molecular formula is C9H11NO2S. The molecule has 0 radical (unpaired) electrons. The Bertz CT molecular complexity index is 280. The van der Waals surface area contributed by atoms with E-state index >= 15 is 0 Å². The Labute approximate surface area is 80.7 Å². The summed E-state index contributed by atoms with van der Waals surface area (Å²) in [5, 5.41) is 4.88. The Hall–Kier alpha value is -0.870. The standard InChI is InChI=1S/C9H11NO2S/c11-9(10-7-5-12-6-7)4-8-2-1-3-13-8/h1-3,7H,4-6H2,(H,10,11). The highest BCUT2D eigenvalue weighted by Crippen LogP contribution is 2.09. The molecule has 0 spiro atoms. The molecule has 3 nitrogen and oxygen atoms in total. The zero-order valence-corrected chi connectivity index (χ0v) is 7.97. The van der Waals surface area contributed by atoms with Crippen LogP contribution in [0.15, 0.2) is 17.5 Å². The van der Waals surface area contributed by atoms with Crippen molar-refractivity contribution >= 4 is 17.2 Å². The largest absolute Gasteiger partial charge is 0.377 e. The molecule has 1 N–H and O–H groups in total. The Balaban J connectivity index is 1.78. The Morgan fingerprint density at radius 2 is 2.54 bits per heavy atom. The van der Waals surface area contributed by atoms with Crippen LogP contribution in [0.5, 0.6) is 0 Å². The van der Waals surface area contributed by atoms with Gasteiger partial charge < -0.3 is 10.1 Å². The highest BCUT2D eigenvalue weighted by molar-refractivity contribution is 7.10. The lowest BCUT2D eigenvalue weighted by molar-refractivity contribution is -0.124. The van der Waals surface area contributed by atoms with E-state index < -0.39 is 0 Å². The van der Waals surface area contributed by atoms with Crippen LogP contribution in [0.3, 0.4) is 0 Å². The quantitative estimate of drug-likeness (QED) is 0.778. The minimum atomic E-state index is 0.0933. The fraction of sp³-hybridized carbons (Fsp3) is 0.444. The van der Waals surface area contributed by atoms with Gasteiger partial charge in [-0.2, -0.15) is 0 Å². The summed E-state index contributed by atoms with van der Waals surface area (Å²) in [5.74, 6) is 0.0933. The van der Waals surface area contributed by atoms with Crippen LogP contribution < -0.4 is 5.32 Å². The monoisotopic (exact) mass is 197 g/mol. The van der Waals surface area contributed by atoms with Crippen LogP contribution in [0.4, 0.5) is 0 Å². The summed E-state index contributed by atoms with van der Waals surface area (Å²) >= 11 is 1.61. The molecule has 0 aromatic carbocycles. The third-order valence-corrected chi connectivity index (χ3v) is 2.79. The predicted molar refractivity (Wildman–Crippen MR) is 50.8 cm³/mol. The molecule has 1 amide bonds. The third kappa shape index (κ3) is 2.29. The molecule has 1 aromatic heterocycles. The first-order valence-corrected chi connectivity index (χ1v) is 5.12. The minimum Gasteiger partial charge on any atom is -0.377 e. The Kier molecular flexibility index (Phi) is 2.61. The normalized spacial score (nSPS) is 16.6. The van der Waals surface area contributed by atoms with Crippen molar-refractivity contribution in [2.24, 2.45) is 0 Å². The van der Waals surface area contributed by atoms with E-state index in [4.69, 9.17) is 4.74 Å². The molecule has 2 heterocycles. The van der Waals surface area contributed by atoms with E-state index in [2.05, 4.69) is 5.32 Å². The van der Waals surface area contributed by atoms with E-state index in [0.717, 1.165) is 4.88 Å². The first-order chi connectivity index (χ1) is 6.34. The number of hydrogen-bond donors (Lipinski definition) is 1. The van der Waals surface area contributed by atoms with Crippen molar-refractivity contribution in [1.82, 2.24) is 5.32 Å². The van der Waals surface area contributed by atoms with Crippen LogP contribution in [-0.4, -0.2) is 25.2 Å². The molecule has 4 heteroatoms. The van der Waals surface area contributed by atoms with Gasteiger partial charge in [0.05, 0.1) is 25.7 Å². The fourth-order valence-corrected chi connectivity index (χ4v) is 1.87. The maximum Gasteiger partial charge on any atom is 0.225 e. The molecule has 1 aliphatic heterocycles. The molecule has 0 atom stereocenters. The molecule has 1 fully saturated rings. The van der Waals surface area contributed by atoms with Gasteiger partial charge in [0.15, 0.2) is 0 Å². The SMILES string of the molecule is O=C(Cc1cccs1)NC1COC1. The number of amides is 1. The summed E-state index contributed by atoms with van der Waals surface area (Å²) in [6.07, 6.45) is 0.494. The van der Waals surface area contributed by atoms with Crippen molar-refractivity contribution in [3.8, 4) is 0 Å². The number of ether oxygens (including phenoxy) is 1. The fourth-order valence-electron chi connectivity index (χ4n) is 1.17. The van der Waals surface area contributed by atoms with E-state index in [0.29, 0.717) is 19.6 Å². The lowest BCUT2D eigenvalue weighted by atomic mass is 10.2. The van der Waals surface area contributed by atoms with E-state index in [1.54, 1.807) is 11.3 Å². The molecule has 13 heavy (non-hydrogen) atoms. The van der Waals surface area contributed by atoms with E-state index in [-0.39, 0.29) is 11.9 Å². The highest BCUT2D eigenvalue weighted by atomic mass is 32.1. The zero-order chi connectivity index (χ0) is 9.10. The lowest BCUT2D eigenvalue weighted by Gasteiger charge is -2.26. The molecule has 0 saturated carbocycles.